The van der Waals surface area contributed by atoms with E-state index in [0.29, 0.717) is 5.75 Å². The highest BCUT2D eigenvalue weighted by Gasteiger charge is 2.20. The molecular formula is C13H19N3O3S2. The highest BCUT2D eigenvalue weighted by molar-refractivity contribution is 8.01. The predicted octanol–water partition coefficient (Wildman–Crippen LogP) is 0.945. The fourth-order valence-corrected chi connectivity index (χ4v) is 4.16. The van der Waals surface area contributed by atoms with Gasteiger partial charge in [0.05, 0.1) is 17.9 Å². The molecule has 6 nitrogen and oxygen atoms in total. The number of thiazole rings is 1. The molecule has 21 heavy (non-hydrogen) atoms. The molecule has 8 heteroatoms. The number of likely N-dealkylation sites (N-methyl/N-ethyl adjacent to an activating group) is 1. The lowest BCUT2D eigenvalue weighted by Crippen LogP contribution is -2.47. The molecule has 2 heterocycles. The number of hydrogen-bond donors (Lipinski definition) is 1. The molecule has 1 aliphatic rings. The van der Waals surface area contributed by atoms with Crippen LogP contribution in [-0.4, -0.2) is 70.7 Å². The summed E-state index contributed by atoms with van der Waals surface area (Å²) >= 11 is 2.76. The van der Waals surface area contributed by atoms with E-state index in [1.54, 1.807) is 6.92 Å². The predicted molar refractivity (Wildman–Crippen MR) is 83.0 cm³/mol. The van der Waals surface area contributed by atoms with Crippen LogP contribution in [0.5, 0.6) is 0 Å². The lowest BCUT2D eigenvalue weighted by Gasteiger charge is -2.32. The molecule has 0 bridgehead atoms. The molecule has 0 radical (unpaired) electrons. The van der Waals surface area contributed by atoms with Gasteiger partial charge in [0.2, 0.25) is 5.91 Å². The van der Waals surface area contributed by atoms with E-state index in [1.807, 2.05) is 4.90 Å². The molecule has 1 aromatic rings. The van der Waals surface area contributed by atoms with Crippen LogP contribution in [0, 0.1) is 6.92 Å². The largest absolute Gasteiger partial charge is 0.481 e. The van der Waals surface area contributed by atoms with Gasteiger partial charge in [-0.25, -0.2) is 4.98 Å². The third-order valence-electron chi connectivity index (χ3n) is 3.36. The fraction of sp³-hybridized carbons (Fsp3) is 0.615. The Labute approximate surface area is 132 Å². The molecule has 1 saturated heterocycles. The van der Waals surface area contributed by atoms with Crippen LogP contribution in [0.4, 0.5) is 0 Å². The number of hydrogen-bond acceptors (Lipinski definition) is 6. The van der Waals surface area contributed by atoms with E-state index in [-0.39, 0.29) is 12.3 Å². The topological polar surface area (TPSA) is 73.7 Å². The van der Waals surface area contributed by atoms with E-state index in [9.17, 15) is 9.59 Å². The second kappa shape index (κ2) is 7.24. The summed E-state index contributed by atoms with van der Waals surface area (Å²) in [7, 11) is 2.05. The lowest BCUT2D eigenvalue weighted by atomic mass is 10.3. The van der Waals surface area contributed by atoms with Gasteiger partial charge in [-0.3, -0.25) is 9.59 Å². The second-order valence-electron chi connectivity index (χ2n) is 5.03. The zero-order chi connectivity index (χ0) is 15.4. The van der Waals surface area contributed by atoms with Gasteiger partial charge in [-0.15, -0.1) is 11.3 Å². The number of amides is 1. The Morgan fingerprint density at radius 3 is 2.62 bits per heavy atom. The zero-order valence-electron chi connectivity index (χ0n) is 12.2. The van der Waals surface area contributed by atoms with Crippen LogP contribution in [0.2, 0.25) is 0 Å². The monoisotopic (exact) mass is 329 g/mol. The van der Waals surface area contributed by atoms with E-state index in [4.69, 9.17) is 5.11 Å². The number of carboxylic acids is 1. The molecular weight excluding hydrogens is 310 g/mol. The van der Waals surface area contributed by atoms with Crippen molar-refractivity contribution in [1.82, 2.24) is 14.8 Å². The Morgan fingerprint density at radius 1 is 1.33 bits per heavy atom. The van der Waals surface area contributed by atoms with Crippen molar-refractivity contribution in [2.24, 2.45) is 0 Å². The Bertz CT molecular complexity index is 525. The first kappa shape index (κ1) is 16.3. The number of rotatable bonds is 5. The van der Waals surface area contributed by atoms with Gasteiger partial charge >= 0.3 is 5.97 Å². The minimum absolute atomic E-state index is 0.00351. The van der Waals surface area contributed by atoms with Gasteiger partial charge in [-0.1, -0.05) is 11.8 Å². The van der Waals surface area contributed by atoms with Crippen LogP contribution in [0.15, 0.2) is 4.34 Å². The molecule has 0 saturated carbocycles. The summed E-state index contributed by atoms with van der Waals surface area (Å²) in [6.07, 6.45) is -0.00351. The van der Waals surface area contributed by atoms with Crippen molar-refractivity contribution in [3.63, 3.8) is 0 Å². The van der Waals surface area contributed by atoms with Crippen molar-refractivity contribution in [3.05, 3.63) is 10.6 Å². The smallest absolute Gasteiger partial charge is 0.308 e. The maximum atomic E-state index is 12.1. The average molecular weight is 329 g/mol. The van der Waals surface area contributed by atoms with Crippen molar-refractivity contribution < 1.29 is 14.7 Å². The summed E-state index contributed by atoms with van der Waals surface area (Å²) in [5.74, 6) is -0.365. The van der Waals surface area contributed by atoms with Gasteiger partial charge < -0.3 is 14.9 Å². The molecule has 116 valence electrons. The number of carboxylic acid groups (broad SMARTS) is 1. The van der Waals surface area contributed by atoms with E-state index in [0.717, 1.165) is 41.1 Å². The van der Waals surface area contributed by atoms with Gasteiger partial charge in [-0.2, -0.15) is 0 Å². The minimum Gasteiger partial charge on any atom is -0.481 e. The van der Waals surface area contributed by atoms with Gasteiger partial charge in [0.1, 0.15) is 0 Å². The minimum atomic E-state index is -0.855. The molecule has 1 amide bonds. The molecule has 0 aliphatic carbocycles. The number of carbonyl (C=O) groups is 2. The molecule has 1 aromatic heterocycles. The van der Waals surface area contributed by atoms with Crippen LogP contribution in [0.1, 0.15) is 10.6 Å². The molecule has 2 rings (SSSR count). The standard InChI is InChI=1S/C13H19N3O3S2/c1-9-10(7-12(18)19)21-13(14-9)20-8-11(17)16-5-3-15(2)4-6-16/h3-8H2,1-2H3,(H,18,19). The van der Waals surface area contributed by atoms with Crippen molar-refractivity contribution in [1.29, 1.82) is 0 Å². The summed E-state index contributed by atoms with van der Waals surface area (Å²) in [5.41, 5.74) is 0.747. The number of aryl methyl sites for hydroxylation is 1. The number of nitrogens with zero attached hydrogens (tertiary/aromatic N) is 3. The summed E-state index contributed by atoms with van der Waals surface area (Å²) < 4.78 is 0.770. The third kappa shape index (κ3) is 4.69. The maximum absolute atomic E-state index is 12.1. The second-order valence-corrected chi connectivity index (χ2v) is 7.34. The first-order valence-corrected chi connectivity index (χ1v) is 8.53. The fourth-order valence-electron chi connectivity index (χ4n) is 2.04. The Balaban J connectivity index is 1.85. The number of aromatic nitrogens is 1. The van der Waals surface area contributed by atoms with Crippen molar-refractivity contribution >= 4 is 35.0 Å². The SMILES string of the molecule is Cc1nc(SCC(=O)N2CCN(C)CC2)sc1CC(=O)O. The Hall–Kier alpha value is -1.12. The molecule has 1 fully saturated rings. The Kier molecular flexibility index (Phi) is 5.60. The molecule has 0 aromatic carbocycles. The van der Waals surface area contributed by atoms with Crippen LogP contribution < -0.4 is 0 Å². The maximum Gasteiger partial charge on any atom is 0.308 e. The Morgan fingerprint density at radius 2 is 2.00 bits per heavy atom. The molecule has 0 unspecified atom stereocenters. The third-order valence-corrected chi connectivity index (χ3v) is 5.65. The van der Waals surface area contributed by atoms with Gasteiger partial charge in [0, 0.05) is 31.1 Å². The molecule has 1 N–H and O–H groups in total. The zero-order valence-corrected chi connectivity index (χ0v) is 13.8. The number of thioether (sulfide) groups is 1. The van der Waals surface area contributed by atoms with E-state index in [2.05, 4.69) is 16.9 Å². The van der Waals surface area contributed by atoms with Crippen molar-refractivity contribution in [2.75, 3.05) is 39.0 Å². The summed E-state index contributed by atoms with van der Waals surface area (Å²) in [6, 6.07) is 0. The molecule has 1 aliphatic heterocycles. The first-order valence-electron chi connectivity index (χ1n) is 6.73. The van der Waals surface area contributed by atoms with Gasteiger partial charge in [0.15, 0.2) is 4.34 Å². The summed E-state index contributed by atoms with van der Waals surface area (Å²) in [6.45, 7) is 5.18. The quantitative estimate of drug-likeness (QED) is 0.811. The van der Waals surface area contributed by atoms with Crippen LogP contribution in [0.3, 0.4) is 0 Å². The normalized spacial score (nSPS) is 16.2. The lowest BCUT2D eigenvalue weighted by molar-refractivity contribution is -0.136. The van der Waals surface area contributed by atoms with Gasteiger partial charge in [-0.05, 0) is 14.0 Å². The van der Waals surface area contributed by atoms with Crippen LogP contribution in [-0.2, 0) is 16.0 Å². The molecule has 0 atom stereocenters. The summed E-state index contributed by atoms with van der Waals surface area (Å²) in [5, 5.41) is 8.82. The number of piperazine rings is 1. The first-order chi connectivity index (χ1) is 9.95. The van der Waals surface area contributed by atoms with E-state index < -0.39 is 5.97 Å². The van der Waals surface area contributed by atoms with Crippen LogP contribution in [0.25, 0.3) is 0 Å². The molecule has 0 spiro atoms. The van der Waals surface area contributed by atoms with Gasteiger partial charge in [0.25, 0.3) is 0 Å². The van der Waals surface area contributed by atoms with Crippen molar-refractivity contribution in [3.8, 4) is 0 Å². The van der Waals surface area contributed by atoms with Crippen molar-refractivity contribution in [2.45, 2.75) is 17.7 Å². The highest BCUT2D eigenvalue weighted by atomic mass is 32.2. The van der Waals surface area contributed by atoms with E-state index >= 15 is 0 Å². The van der Waals surface area contributed by atoms with Crippen LogP contribution >= 0.6 is 23.1 Å². The highest BCUT2D eigenvalue weighted by Crippen LogP contribution is 2.27. The number of aliphatic carboxylic acids is 1. The number of carbonyl (C=O) groups excluding carboxylic acids is 1. The average Bonchev–Trinajstić information content (AvgIpc) is 2.77. The van der Waals surface area contributed by atoms with E-state index in [1.165, 1.54) is 23.1 Å². The summed E-state index contributed by atoms with van der Waals surface area (Å²) in [4.78, 5) is 32.0.